The molecular weight excluding hydrogens is 368 g/mol. The fourth-order valence-corrected chi connectivity index (χ4v) is 3.37. The van der Waals surface area contributed by atoms with E-state index in [4.69, 9.17) is 4.74 Å². The molecule has 2 amide bonds. The van der Waals surface area contributed by atoms with Crippen LogP contribution in [0.5, 0.6) is 5.75 Å². The second kappa shape index (κ2) is 9.11. The van der Waals surface area contributed by atoms with Crippen molar-refractivity contribution in [2.75, 3.05) is 5.32 Å². The van der Waals surface area contributed by atoms with Gasteiger partial charge in [-0.05, 0) is 70.7 Å². The highest BCUT2D eigenvalue weighted by molar-refractivity contribution is 6.03. The molecule has 7 nitrogen and oxygen atoms in total. The van der Waals surface area contributed by atoms with Crippen molar-refractivity contribution >= 4 is 17.5 Å². The molecule has 0 radical (unpaired) electrons. The molecule has 0 aliphatic carbocycles. The number of rotatable bonds is 7. The van der Waals surface area contributed by atoms with E-state index < -0.39 is 0 Å². The number of anilines is 1. The minimum absolute atomic E-state index is 0.0623. The van der Waals surface area contributed by atoms with E-state index in [1.54, 1.807) is 12.1 Å². The van der Waals surface area contributed by atoms with Crippen LogP contribution in [-0.4, -0.2) is 33.5 Å². The summed E-state index contributed by atoms with van der Waals surface area (Å²) in [6.45, 7) is 8.60. The van der Waals surface area contributed by atoms with Gasteiger partial charge in [-0.25, -0.2) is 4.98 Å². The minimum Gasteiger partial charge on any atom is -0.491 e. The molecule has 7 heteroatoms. The smallest absolute Gasteiger partial charge is 0.291 e. The average molecular weight is 399 g/mol. The number of nitrogens with zero attached hydrogens (tertiary/aromatic N) is 2. The Labute approximate surface area is 171 Å². The largest absolute Gasteiger partial charge is 0.491 e. The van der Waals surface area contributed by atoms with Crippen LogP contribution in [0.15, 0.2) is 24.3 Å². The maximum absolute atomic E-state index is 12.9. The minimum atomic E-state index is -0.312. The lowest BCUT2D eigenvalue weighted by Gasteiger charge is -2.17. The molecule has 2 N–H and O–H groups in total. The Bertz CT molecular complexity index is 871. The van der Waals surface area contributed by atoms with Crippen molar-refractivity contribution in [1.82, 2.24) is 14.9 Å². The van der Waals surface area contributed by atoms with Crippen molar-refractivity contribution in [2.24, 2.45) is 0 Å². The SMILES string of the molecule is CCC(C)NC(=O)c1nc(C(=O)Nc2ccc(OC(C)C)cc2)n2c1CCCC2. The average Bonchev–Trinajstić information content (AvgIpc) is 3.09. The van der Waals surface area contributed by atoms with E-state index in [9.17, 15) is 9.59 Å². The second-order valence-electron chi connectivity index (χ2n) is 7.77. The topological polar surface area (TPSA) is 85.2 Å². The Morgan fingerprint density at radius 2 is 1.86 bits per heavy atom. The Kier molecular flexibility index (Phi) is 6.56. The van der Waals surface area contributed by atoms with Crippen molar-refractivity contribution in [2.45, 2.75) is 72.1 Å². The summed E-state index contributed by atoms with van der Waals surface area (Å²) in [5.41, 5.74) is 1.88. The van der Waals surface area contributed by atoms with Gasteiger partial charge in [-0.3, -0.25) is 9.59 Å². The van der Waals surface area contributed by atoms with Crippen LogP contribution in [-0.2, 0) is 13.0 Å². The number of fused-ring (bicyclic) bond motifs is 1. The molecule has 0 saturated heterocycles. The number of benzene rings is 1. The van der Waals surface area contributed by atoms with Gasteiger partial charge in [0.05, 0.1) is 11.8 Å². The van der Waals surface area contributed by atoms with Gasteiger partial charge >= 0.3 is 0 Å². The molecule has 29 heavy (non-hydrogen) atoms. The quantitative estimate of drug-likeness (QED) is 0.743. The summed E-state index contributed by atoms with van der Waals surface area (Å²) in [7, 11) is 0. The van der Waals surface area contributed by atoms with Gasteiger partial charge in [0.25, 0.3) is 11.8 Å². The Hall–Kier alpha value is -2.83. The molecule has 1 aliphatic heterocycles. The highest BCUT2D eigenvalue weighted by Crippen LogP contribution is 2.23. The van der Waals surface area contributed by atoms with E-state index in [-0.39, 0.29) is 29.8 Å². The zero-order chi connectivity index (χ0) is 21.0. The number of aromatic nitrogens is 2. The number of nitrogens with one attached hydrogen (secondary N) is 2. The number of imidazole rings is 1. The van der Waals surface area contributed by atoms with Gasteiger partial charge in [-0.2, -0.15) is 0 Å². The van der Waals surface area contributed by atoms with Crippen LogP contribution < -0.4 is 15.4 Å². The fraction of sp³-hybridized carbons (Fsp3) is 0.500. The maximum atomic E-state index is 12.9. The van der Waals surface area contributed by atoms with Crippen molar-refractivity contribution in [3.63, 3.8) is 0 Å². The van der Waals surface area contributed by atoms with Crippen molar-refractivity contribution < 1.29 is 14.3 Å². The van der Waals surface area contributed by atoms with E-state index in [2.05, 4.69) is 15.6 Å². The molecule has 1 aromatic heterocycles. The molecule has 156 valence electrons. The molecule has 0 bridgehead atoms. The summed E-state index contributed by atoms with van der Waals surface area (Å²) in [6, 6.07) is 7.30. The molecular formula is C22H30N4O3. The number of ether oxygens (including phenoxy) is 1. The van der Waals surface area contributed by atoms with Gasteiger partial charge in [-0.1, -0.05) is 6.92 Å². The van der Waals surface area contributed by atoms with E-state index in [1.807, 2.05) is 44.4 Å². The first-order chi connectivity index (χ1) is 13.9. The Morgan fingerprint density at radius 3 is 2.52 bits per heavy atom. The molecule has 2 aromatic rings. The van der Waals surface area contributed by atoms with Crippen molar-refractivity contribution in [1.29, 1.82) is 0 Å². The molecule has 1 aliphatic rings. The normalized spacial score (nSPS) is 14.2. The molecule has 3 rings (SSSR count). The van der Waals surface area contributed by atoms with Crippen LogP contribution in [0.3, 0.4) is 0 Å². The third kappa shape index (κ3) is 4.96. The molecule has 0 saturated carbocycles. The van der Waals surface area contributed by atoms with Crippen LogP contribution >= 0.6 is 0 Å². The number of carbonyl (C=O) groups excluding carboxylic acids is 2. The predicted molar refractivity (Wildman–Crippen MR) is 113 cm³/mol. The lowest BCUT2D eigenvalue weighted by Crippen LogP contribution is -2.33. The second-order valence-corrected chi connectivity index (χ2v) is 7.77. The lowest BCUT2D eigenvalue weighted by atomic mass is 10.1. The summed E-state index contributed by atoms with van der Waals surface area (Å²) in [6.07, 6.45) is 3.65. The van der Waals surface area contributed by atoms with Gasteiger partial charge in [0, 0.05) is 18.3 Å². The first kappa shape index (κ1) is 20.9. The standard InChI is InChI=1S/C22H30N4O3/c1-5-15(4)23-21(27)19-18-8-6-7-13-26(18)20(25-19)22(28)24-16-9-11-17(12-10-16)29-14(2)3/h9-12,14-15H,5-8,13H2,1-4H3,(H,23,27)(H,24,28). The first-order valence-electron chi connectivity index (χ1n) is 10.4. The summed E-state index contributed by atoms with van der Waals surface area (Å²) < 4.78 is 7.52. The highest BCUT2D eigenvalue weighted by atomic mass is 16.5. The lowest BCUT2D eigenvalue weighted by molar-refractivity contribution is 0.0933. The van der Waals surface area contributed by atoms with Crippen LogP contribution in [0.1, 0.15) is 73.8 Å². The predicted octanol–water partition coefficient (Wildman–Crippen LogP) is 3.79. The molecule has 0 spiro atoms. The number of amides is 2. The maximum Gasteiger partial charge on any atom is 0.291 e. The summed E-state index contributed by atoms with van der Waals surface area (Å²) >= 11 is 0. The van der Waals surface area contributed by atoms with Crippen molar-refractivity contribution in [3.05, 3.63) is 41.5 Å². The summed E-state index contributed by atoms with van der Waals surface area (Å²) in [5.74, 6) is 0.518. The zero-order valence-corrected chi connectivity index (χ0v) is 17.6. The van der Waals surface area contributed by atoms with Gasteiger partial charge < -0.3 is 19.9 Å². The van der Waals surface area contributed by atoms with Crippen LogP contribution in [0.4, 0.5) is 5.69 Å². The monoisotopic (exact) mass is 398 g/mol. The van der Waals surface area contributed by atoms with Crippen LogP contribution in [0.25, 0.3) is 0 Å². The van der Waals surface area contributed by atoms with Crippen molar-refractivity contribution in [3.8, 4) is 5.75 Å². The van der Waals surface area contributed by atoms with E-state index in [1.165, 1.54) is 0 Å². The van der Waals surface area contributed by atoms with Gasteiger partial charge in [0.2, 0.25) is 0 Å². The van der Waals surface area contributed by atoms with E-state index in [0.29, 0.717) is 17.9 Å². The Morgan fingerprint density at radius 1 is 1.14 bits per heavy atom. The van der Waals surface area contributed by atoms with E-state index in [0.717, 1.165) is 37.1 Å². The van der Waals surface area contributed by atoms with Crippen LogP contribution in [0.2, 0.25) is 0 Å². The van der Waals surface area contributed by atoms with Gasteiger partial charge in [0.15, 0.2) is 5.82 Å². The third-order valence-corrected chi connectivity index (χ3v) is 5.01. The first-order valence-corrected chi connectivity index (χ1v) is 10.4. The molecule has 1 aromatic carbocycles. The van der Waals surface area contributed by atoms with Crippen LogP contribution in [0, 0.1) is 0 Å². The zero-order valence-electron chi connectivity index (χ0n) is 17.6. The number of carbonyl (C=O) groups is 2. The third-order valence-electron chi connectivity index (χ3n) is 5.01. The fourth-order valence-electron chi connectivity index (χ4n) is 3.37. The highest BCUT2D eigenvalue weighted by Gasteiger charge is 2.27. The molecule has 1 unspecified atom stereocenters. The Balaban J connectivity index is 1.80. The van der Waals surface area contributed by atoms with Gasteiger partial charge in [0.1, 0.15) is 11.4 Å². The van der Waals surface area contributed by atoms with Gasteiger partial charge in [-0.15, -0.1) is 0 Å². The van der Waals surface area contributed by atoms with E-state index >= 15 is 0 Å². The molecule has 2 heterocycles. The number of hydrogen-bond donors (Lipinski definition) is 2. The number of hydrogen-bond acceptors (Lipinski definition) is 4. The molecule has 1 atom stereocenters. The summed E-state index contributed by atoms with van der Waals surface area (Å²) in [4.78, 5) is 30.0. The molecule has 0 fully saturated rings. The summed E-state index contributed by atoms with van der Waals surface area (Å²) in [5, 5.41) is 5.84.